The largest absolute Gasteiger partial charge is 0.508 e. The van der Waals surface area contributed by atoms with Crippen LogP contribution < -0.4 is 0 Å². The monoisotopic (exact) mass is 418 g/mol. The molecule has 2 aromatic carbocycles. The van der Waals surface area contributed by atoms with E-state index in [4.69, 9.17) is 0 Å². The van der Waals surface area contributed by atoms with Gasteiger partial charge in [-0.05, 0) is 49.4 Å². The Morgan fingerprint density at radius 1 is 1.19 bits per heavy atom. The summed E-state index contributed by atoms with van der Waals surface area (Å²) in [7, 11) is 0. The van der Waals surface area contributed by atoms with Crippen molar-refractivity contribution in [2.75, 3.05) is 6.54 Å². The summed E-state index contributed by atoms with van der Waals surface area (Å²) in [5, 5.41) is 10.3. The van der Waals surface area contributed by atoms with Gasteiger partial charge in [0, 0.05) is 36.2 Å². The Balaban J connectivity index is 1.54. The first-order chi connectivity index (χ1) is 15.0. The molecule has 1 fully saturated rings. The zero-order chi connectivity index (χ0) is 22.0. The minimum Gasteiger partial charge on any atom is -0.508 e. The number of phenolic OH excluding ortho intramolecular Hbond substituents is 1. The first kappa shape index (κ1) is 20.8. The molecule has 6 heteroatoms. The molecule has 1 aliphatic rings. The van der Waals surface area contributed by atoms with E-state index in [0.717, 1.165) is 34.9 Å². The maximum Gasteiger partial charge on any atom is 0.233 e. The molecular weight excluding hydrogens is 392 g/mol. The normalized spacial score (nSPS) is 14.4. The van der Waals surface area contributed by atoms with Gasteiger partial charge in [-0.15, -0.1) is 0 Å². The molecule has 6 nitrogen and oxygen atoms in total. The van der Waals surface area contributed by atoms with E-state index in [1.54, 1.807) is 35.4 Å². The van der Waals surface area contributed by atoms with Gasteiger partial charge in [0.2, 0.25) is 5.91 Å². The predicted molar refractivity (Wildman–Crippen MR) is 118 cm³/mol. The number of nitrogens with one attached hydrogen (secondary N) is 1. The van der Waals surface area contributed by atoms with E-state index in [0.29, 0.717) is 24.9 Å². The van der Waals surface area contributed by atoms with E-state index in [9.17, 15) is 19.5 Å². The van der Waals surface area contributed by atoms with Crippen LogP contribution in [-0.2, 0) is 22.6 Å². The summed E-state index contributed by atoms with van der Waals surface area (Å²) in [6.45, 7) is 2.70. The van der Waals surface area contributed by atoms with Crippen LogP contribution in [0.15, 0.2) is 48.7 Å². The number of aromatic nitrogens is 1. The molecule has 0 radical (unpaired) electrons. The number of benzene rings is 2. The number of ketones is 1. The fourth-order valence-corrected chi connectivity index (χ4v) is 3.98. The summed E-state index contributed by atoms with van der Waals surface area (Å²) in [5.41, 5.74) is 3.30. The number of aromatic amines is 1. The summed E-state index contributed by atoms with van der Waals surface area (Å²) < 4.78 is 0. The van der Waals surface area contributed by atoms with Crippen molar-refractivity contribution >= 4 is 28.9 Å². The third kappa shape index (κ3) is 4.38. The van der Waals surface area contributed by atoms with Crippen LogP contribution >= 0.6 is 0 Å². The topological polar surface area (TPSA) is 90.5 Å². The maximum atomic E-state index is 13.1. The molecule has 0 bridgehead atoms. The number of amides is 1. The zero-order valence-corrected chi connectivity index (χ0v) is 17.5. The molecule has 2 N–H and O–H groups in total. The van der Waals surface area contributed by atoms with E-state index in [1.807, 2.05) is 25.1 Å². The van der Waals surface area contributed by atoms with Gasteiger partial charge >= 0.3 is 0 Å². The van der Waals surface area contributed by atoms with Crippen molar-refractivity contribution in [1.29, 1.82) is 0 Å². The number of nitrogens with zero attached hydrogens (tertiary/aromatic N) is 1. The lowest BCUT2D eigenvalue weighted by Gasteiger charge is -2.24. The van der Waals surface area contributed by atoms with Crippen molar-refractivity contribution in [1.82, 2.24) is 9.88 Å². The Morgan fingerprint density at radius 3 is 2.58 bits per heavy atom. The molecule has 1 unspecified atom stereocenters. The van der Waals surface area contributed by atoms with Crippen molar-refractivity contribution in [2.24, 2.45) is 11.8 Å². The van der Waals surface area contributed by atoms with Gasteiger partial charge in [-0.25, -0.2) is 0 Å². The van der Waals surface area contributed by atoms with E-state index in [2.05, 4.69) is 4.98 Å². The number of aldehydes is 1. The van der Waals surface area contributed by atoms with Crippen LogP contribution in [0.2, 0.25) is 0 Å². The van der Waals surface area contributed by atoms with Crippen molar-refractivity contribution in [2.45, 2.75) is 32.7 Å². The van der Waals surface area contributed by atoms with E-state index in [1.165, 1.54) is 0 Å². The number of phenols is 1. The lowest BCUT2D eigenvalue weighted by Crippen LogP contribution is -2.37. The van der Waals surface area contributed by atoms with Gasteiger partial charge in [-0.3, -0.25) is 9.59 Å². The van der Waals surface area contributed by atoms with Crippen LogP contribution in [-0.4, -0.2) is 39.5 Å². The van der Waals surface area contributed by atoms with Gasteiger partial charge in [-0.1, -0.05) is 30.3 Å². The Labute approximate surface area is 180 Å². The first-order valence-electron chi connectivity index (χ1n) is 10.7. The molecule has 0 saturated heterocycles. The summed E-state index contributed by atoms with van der Waals surface area (Å²) >= 11 is 0. The molecule has 0 spiro atoms. The van der Waals surface area contributed by atoms with Crippen LogP contribution in [0, 0.1) is 11.8 Å². The standard InChI is InChI=1S/C25H26N2O4/c1-2-27(25(31)19(15-28)12-16-6-10-20(29)11-7-16)14-18-4-3-5-21-22(13-26-23(18)21)24(30)17-8-9-17/h3-7,10-11,13,15,17,19,26,29H,2,8-9,12,14H2,1H3. The Morgan fingerprint density at radius 2 is 1.94 bits per heavy atom. The van der Waals surface area contributed by atoms with Crippen LogP contribution in [0.25, 0.3) is 10.9 Å². The number of hydrogen-bond acceptors (Lipinski definition) is 4. The summed E-state index contributed by atoms with van der Waals surface area (Å²) in [6.07, 6.45) is 4.66. The van der Waals surface area contributed by atoms with Crippen molar-refractivity contribution in [3.8, 4) is 5.75 Å². The van der Waals surface area contributed by atoms with Gasteiger partial charge < -0.3 is 19.8 Å². The molecule has 160 valence electrons. The summed E-state index contributed by atoms with van der Waals surface area (Å²) in [5.74, 6) is -0.555. The van der Waals surface area contributed by atoms with Gasteiger partial charge in [-0.2, -0.15) is 0 Å². The average molecular weight is 418 g/mol. The minimum absolute atomic E-state index is 0.143. The van der Waals surface area contributed by atoms with Gasteiger partial charge in [0.05, 0.1) is 11.4 Å². The predicted octanol–water partition coefficient (Wildman–Crippen LogP) is 3.87. The van der Waals surface area contributed by atoms with E-state index in [-0.39, 0.29) is 29.8 Å². The Kier molecular flexibility index (Phi) is 5.89. The third-order valence-electron chi connectivity index (χ3n) is 5.94. The number of Topliss-reactive ketones (excluding diaryl/α,β-unsaturated/α-hetero) is 1. The Hall–Kier alpha value is -3.41. The summed E-state index contributed by atoms with van der Waals surface area (Å²) in [6, 6.07) is 12.3. The van der Waals surface area contributed by atoms with Gasteiger partial charge in [0.25, 0.3) is 0 Å². The van der Waals surface area contributed by atoms with E-state index >= 15 is 0 Å². The second kappa shape index (κ2) is 8.76. The quantitative estimate of drug-likeness (QED) is 0.314. The lowest BCUT2D eigenvalue weighted by atomic mass is 9.98. The smallest absolute Gasteiger partial charge is 0.233 e. The number of carbonyl (C=O) groups is 3. The molecule has 1 atom stereocenters. The lowest BCUT2D eigenvalue weighted by molar-refractivity contribution is -0.138. The number of carbonyl (C=O) groups excluding carboxylic acids is 3. The molecule has 1 aliphatic carbocycles. The summed E-state index contributed by atoms with van der Waals surface area (Å²) in [4.78, 5) is 42.3. The van der Waals surface area contributed by atoms with Crippen LogP contribution in [0.1, 0.15) is 41.3 Å². The molecule has 3 aromatic rings. The van der Waals surface area contributed by atoms with Gasteiger partial charge in [0.15, 0.2) is 5.78 Å². The highest BCUT2D eigenvalue weighted by molar-refractivity contribution is 6.10. The van der Waals surface area contributed by atoms with E-state index < -0.39 is 5.92 Å². The molecule has 31 heavy (non-hydrogen) atoms. The molecular formula is C25H26N2O4. The zero-order valence-electron chi connectivity index (χ0n) is 17.5. The highest BCUT2D eigenvalue weighted by Crippen LogP contribution is 2.35. The average Bonchev–Trinajstić information content (AvgIpc) is 3.55. The third-order valence-corrected chi connectivity index (χ3v) is 5.94. The SMILES string of the molecule is CCN(Cc1cccc2c(C(=O)C3CC3)c[nH]c12)C(=O)C(C=O)Cc1ccc(O)cc1. The van der Waals surface area contributed by atoms with Crippen molar-refractivity contribution < 1.29 is 19.5 Å². The number of H-pyrrole nitrogens is 1. The molecule has 1 amide bonds. The Bertz CT molecular complexity index is 1110. The molecule has 1 saturated carbocycles. The number of para-hydroxylation sites is 1. The molecule has 0 aliphatic heterocycles. The maximum absolute atomic E-state index is 13.1. The fourth-order valence-electron chi connectivity index (χ4n) is 3.98. The number of fused-ring (bicyclic) bond motifs is 1. The highest BCUT2D eigenvalue weighted by atomic mass is 16.3. The highest BCUT2D eigenvalue weighted by Gasteiger charge is 2.32. The first-order valence-corrected chi connectivity index (χ1v) is 10.7. The fraction of sp³-hybridized carbons (Fsp3) is 0.320. The van der Waals surface area contributed by atoms with Crippen LogP contribution in [0.4, 0.5) is 0 Å². The second-order valence-electron chi connectivity index (χ2n) is 8.15. The van der Waals surface area contributed by atoms with Crippen molar-refractivity contribution in [3.05, 3.63) is 65.4 Å². The molecule has 4 rings (SSSR count). The van der Waals surface area contributed by atoms with Crippen LogP contribution in [0.5, 0.6) is 5.75 Å². The second-order valence-corrected chi connectivity index (χ2v) is 8.15. The molecule has 1 aromatic heterocycles. The number of rotatable bonds is 9. The minimum atomic E-state index is -0.792. The van der Waals surface area contributed by atoms with Crippen LogP contribution in [0.3, 0.4) is 0 Å². The van der Waals surface area contributed by atoms with Gasteiger partial charge in [0.1, 0.15) is 12.0 Å². The van der Waals surface area contributed by atoms with Crippen molar-refractivity contribution in [3.63, 3.8) is 0 Å². The number of hydrogen-bond donors (Lipinski definition) is 2. The number of aromatic hydroxyl groups is 1. The molecule has 1 heterocycles.